The quantitative estimate of drug-likeness (QED) is 0.828. The van der Waals surface area contributed by atoms with Gasteiger partial charge in [-0.1, -0.05) is 0 Å². The van der Waals surface area contributed by atoms with Crippen LogP contribution in [-0.4, -0.2) is 21.4 Å². The van der Waals surface area contributed by atoms with Crippen LogP contribution < -0.4 is 5.76 Å². The number of fused-ring (bicyclic) bond motifs is 1. The molecule has 0 unspecified atom stereocenters. The fourth-order valence-corrected chi connectivity index (χ4v) is 1.89. The first-order valence-electron chi connectivity index (χ1n) is 5.85. The number of rotatable bonds is 5. The Balaban J connectivity index is 2.34. The molecule has 0 fully saturated rings. The van der Waals surface area contributed by atoms with Gasteiger partial charge >= 0.3 is 11.7 Å². The van der Waals surface area contributed by atoms with Crippen molar-refractivity contribution in [2.75, 3.05) is 0 Å². The summed E-state index contributed by atoms with van der Waals surface area (Å²) in [6, 6.07) is 4.78. The molecule has 0 amide bonds. The molecule has 1 heterocycles. The van der Waals surface area contributed by atoms with E-state index in [9.17, 15) is 14.4 Å². The summed E-state index contributed by atoms with van der Waals surface area (Å²) >= 11 is 0. The van der Waals surface area contributed by atoms with E-state index in [0.29, 0.717) is 23.1 Å². The Morgan fingerprint density at radius 1 is 1.37 bits per heavy atom. The minimum atomic E-state index is -0.903. The number of hydrogen-bond acceptors (Lipinski definition) is 4. The number of carboxylic acid groups (broad SMARTS) is 1. The Kier molecular flexibility index (Phi) is 3.50. The van der Waals surface area contributed by atoms with Crippen molar-refractivity contribution in [2.45, 2.75) is 26.3 Å². The number of oxazole rings is 1. The van der Waals surface area contributed by atoms with Crippen LogP contribution in [0.3, 0.4) is 0 Å². The number of carbonyl (C=O) groups is 2. The van der Waals surface area contributed by atoms with E-state index in [0.717, 1.165) is 0 Å². The van der Waals surface area contributed by atoms with Crippen LogP contribution in [0.1, 0.15) is 30.1 Å². The molecule has 0 aliphatic carbocycles. The molecule has 6 heteroatoms. The largest absolute Gasteiger partial charge is 0.481 e. The molecule has 6 nitrogen and oxygen atoms in total. The first-order valence-corrected chi connectivity index (χ1v) is 5.85. The van der Waals surface area contributed by atoms with Gasteiger partial charge in [0.05, 0.1) is 5.52 Å². The Bertz CT molecular complexity index is 695. The molecule has 0 spiro atoms. The van der Waals surface area contributed by atoms with Gasteiger partial charge in [0.2, 0.25) is 0 Å². The van der Waals surface area contributed by atoms with Crippen LogP contribution in [0.4, 0.5) is 0 Å². The Morgan fingerprint density at radius 3 is 2.74 bits per heavy atom. The number of aliphatic carboxylic acids is 1. The fourth-order valence-electron chi connectivity index (χ4n) is 1.89. The van der Waals surface area contributed by atoms with Gasteiger partial charge in [0.15, 0.2) is 11.4 Å². The smallest absolute Gasteiger partial charge is 0.419 e. The summed E-state index contributed by atoms with van der Waals surface area (Å²) in [5, 5.41) is 8.57. The zero-order valence-electron chi connectivity index (χ0n) is 10.4. The summed E-state index contributed by atoms with van der Waals surface area (Å²) in [4.78, 5) is 33.3. The Hall–Kier alpha value is -2.37. The average molecular weight is 263 g/mol. The minimum absolute atomic E-state index is 0.00928. The molecule has 1 N–H and O–H groups in total. The standard InChI is InChI=1S/C13H13NO5/c1-8(15)9-4-5-10-11(7-9)19-13(18)14(10)6-2-3-12(16)17/h4-5,7H,2-3,6H2,1H3,(H,16,17). The van der Waals surface area contributed by atoms with Crippen molar-refractivity contribution in [1.82, 2.24) is 4.57 Å². The van der Waals surface area contributed by atoms with Crippen LogP contribution in [0.2, 0.25) is 0 Å². The van der Waals surface area contributed by atoms with Gasteiger partial charge in [0.1, 0.15) is 0 Å². The minimum Gasteiger partial charge on any atom is -0.481 e. The molecule has 1 aromatic carbocycles. The maximum atomic E-state index is 11.7. The average Bonchev–Trinajstić information content (AvgIpc) is 2.64. The predicted octanol–water partition coefficient (Wildman–Crippen LogP) is 1.66. The third kappa shape index (κ3) is 2.73. The maximum Gasteiger partial charge on any atom is 0.419 e. The third-order valence-corrected chi connectivity index (χ3v) is 2.85. The Morgan fingerprint density at radius 2 is 2.11 bits per heavy atom. The summed E-state index contributed by atoms with van der Waals surface area (Å²) in [7, 11) is 0. The van der Waals surface area contributed by atoms with E-state index in [1.165, 1.54) is 17.6 Å². The number of Topliss-reactive ketones (excluding diaryl/α,β-unsaturated/α-hetero) is 1. The highest BCUT2D eigenvalue weighted by Crippen LogP contribution is 2.16. The highest BCUT2D eigenvalue weighted by molar-refractivity contribution is 5.96. The number of carboxylic acids is 1. The van der Waals surface area contributed by atoms with Crippen LogP contribution >= 0.6 is 0 Å². The van der Waals surface area contributed by atoms with E-state index < -0.39 is 11.7 Å². The van der Waals surface area contributed by atoms with Crippen molar-refractivity contribution in [3.05, 3.63) is 34.3 Å². The highest BCUT2D eigenvalue weighted by Gasteiger charge is 2.11. The molecule has 0 radical (unpaired) electrons. The van der Waals surface area contributed by atoms with E-state index in [1.54, 1.807) is 12.1 Å². The summed E-state index contributed by atoms with van der Waals surface area (Å²) in [5.74, 6) is -1.55. The lowest BCUT2D eigenvalue weighted by molar-refractivity contribution is -0.137. The number of aryl methyl sites for hydroxylation is 1. The number of carbonyl (C=O) groups excluding carboxylic acids is 1. The lowest BCUT2D eigenvalue weighted by Gasteiger charge is -2.00. The zero-order valence-corrected chi connectivity index (χ0v) is 10.4. The monoisotopic (exact) mass is 263 g/mol. The van der Waals surface area contributed by atoms with Crippen LogP contribution in [0.5, 0.6) is 0 Å². The molecule has 1 aromatic heterocycles. The zero-order chi connectivity index (χ0) is 14.0. The molecule has 0 bridgehead atoms. The molecule has 2 rings (SSSR count). The number of hydrogen-bond donors (Lipinski definition) is 1. The van der Waals surface area contributed by atoms with Gasteiger partial charge in [-0.15, -0.1) is 0 Å². The maximum absolute atomic E-state index is 11.7. The summed E-state index contributed by atoms with van der Waals surface area (Å²) < 4.78 is 6.43. The SMILES string of the molecule is CC(=O)c1ccc2c(c1)oc(=O)n2CCCC(=O)O. The fraction of sp³-hybridized carbons (Fsp3) is 0.308. The first-order chi connectivity index (χ1) is 8.99. The van der Waals surface area contributed by atoms with Gasteiger partial charge in [-0.05, 0) is 31.5 Å². The third-order valence-electron chi connectivity index (χ3n) is 2.85. The summed E-state index contributed by atoms with van der Waals surface area (Å²) in [6.07, 6.45) is 0.336. The second-order valence-electron chi connectivity index (χ2n) is 4.26. The predicted molar refractivity (Wildman–Crippen MR) is 67.3 cm³/mol. The van der Waals surface area contributed by atoms with Crippen LogP contribution in [-0.2, 0) is 11.3 Å². The van der Waals surface area contributed by atoms with Crippen molar-refractivity contribution in [2.24, 2.45) is 0 Å². The van der Waals surface area contributed by atoms with Crippen LogP contribution in [0.25, 0.3) is 11.1 Å². The summed E-state index contributed by atoms with van der Waals surface area (Å²) in [5.41, 5.74) is 1.38. The molecule has 0 saturated heterocycles. The first kappa shape index (κ1) is 13.1. The van der Waals surface area contributed by atoms with Gasteiger partial charge < -0.3 is 9.52 Å². The number of nitrogens with zero attached hydrogens (tertiary/aromatic N) is 1. The van der Waals surface area contributed by atoms with E-state index >= 15 is 0 Å². The van der Waals surface area contributed by atoms with Crippen molar-refractivity contribution in [1.29, 1.82) is 0 Å². The van der Waals surface area contributed by atoms with Crippen LogP contribution in [0, 0.1) is 0 Å². The van der Waals surface area contributed by atoms with E-state index in [4.69, 9.17) is 9.52 Å². The van der Waals surface area contributed by atoms with Gasteiger partial charge in [0, 0.05) is 18.5 Å². The van der Waals surface area contributed by atoms with Crippen LogP contribution in [0.15, 0.2) is 27.4 Å². The van der Waals surface area contributed by atoms with E-state index in [-0.39, 0.29) is 18.7 Å². The molecular weight excluding hydrogens is 250 g/mol. The topological polar surface area (TPSA) is 89.5 Å². The number of benzene rings is 1. The highest BCUT2D eigenvalue weighted by atomic mass is 16.4. The Labute approximate surface area is 108 Å². The molecule has 100 valence electrons. The number of aromatic nitrogens is 1. The van der Waals surface area contributed by atoms with Crippen molar-refractivity contribution in [3.8, 4) is 0 Å². The molecule has 0 atom stereocenters. The van der Waals surface area contributed by atoms with Gasteiger partial charge in [-0.25, -0.2) is 4.79 Å². The molecule has 0 saturated carbocycles. The van der Waals surface area contributed by atoms with Gasteiger partial charge in [-0.3, -0.25) is 14.2 Å². The lowest BCUT2D eigenvalue weighted by Crippen LogP contribution is -2.14. The van der Waals surface area contributed by atoms with Crippen molar-refractivity contribution < 1.29 is 19.1 Å². The number of ketones is 1. The van der Waals surface area contributed by atoms with E-state index in [1.807, 2.05) is 0 Å². The second-order valence-corrected chi connectivity index (χ2v) is 4.26. The van der Waals surface area contributed by atoms with Gasteiger partial charge in [-0.2, -0.15) is 0 Å². The summed E-state index contributed by atoms with van der Waals surface area (Å²) in [6.45, 7) is 1.71. The molecule has 2 aromatic rings. The normalized spacial score (nSPS) is 10.8. The van der Waals surface area contributed by atoms with Gasteiger partial charge in [0.25, 0.3) is 0 Å². The van der Waals surface area contributed by atoms with Crippen molar-refractivity contribution >= 4 is 22.9 Å². The van der Waals surface area contributed by atoms with Crippen molar-refractivity contribution in [3.63, 3.8) is 0 Å². The lowest BCUT2D eigenvalue weighted by atomic mass is 10.1. The molecule has 19 heavy (non-hydrogen) atoms. The molecule has 0 aliphatic rings. The van der Waals surface area contributed by atoms with E-state index in [2.05, 4.69) is 0 Å². The molecule has 0 aliphatic heterocycles. The second kappa shape index (κ2) is 5.09. The molecular formula is C13H13NO5.